The molecule has 1 aliphatic heterocycles. The van der Waals surface area contributed by atoms with E-state index < -0.39 is 18.5 Å². The van der Waals surface area contributed by atoms with Gasteiger partial charge in [0.2, 0.25) is 0 Å². The van der Waals surface area contributed by atoms with E-state index in [-0.39, 0.29) is 12.3 Å². The monoisotopic (exact) mass is 456 g/mol. The Morgan fingerprint density at radius 2 is 2.03 bits per heavy atom. The summed E-state index contributed by atoms with van der Waals surface area (Å²) in [5.74, 6) is 0.119. The van der Waals surface area contributed by atoms with Crippen molar-refractivity contribution < 1.29 is 13.6 Å². The number of nitrogens with zero attached hydrogens (tertiary/aromatic N) is 6. The normalized spacial score (nSPS) is 18.5. The second kappa shape index (κ2) is 7.47. The summed E-state index contributed by atoms with van der Waals surface area (Å²) < 4.78 is 30.4. The van der Waals surface area contributed by atoms with Crippen molar-refractivity contribution >= 4 is 34.1 Å². The van der Waals surface area contributed by atoms with E-state index in [0.717, 1.165) is 4.88 Å². The second-order valence-corrected chi connectivity index (χ2v) is 9.14. The lowest BCUT2D eigenvalue weighted by atomic mass is 10.0. The molecule has 10 heteroatoms. The summed E-state index contributed by atoms with van der Waals surface area (Å²) in [5, 5.41) is 11.4. The minimum Gasteiger partial charge on any atom is -0.290 e. The van der Waals surface area contributed by atoms with E-state index in [1.807, 2.05) is 24.4 Å². The Kier molecular flexibility index (Phi) is 4.85. The lowest BCUT2D eigenvalue weighted by molar-refractivity contribution is 0.0609. The van der Waals surface area contributed by atoms with E-state index in [4.69, 9.17) is 4.98 Å². The van der Waals surface area contributed by atoms with E-state index in [9.17, 15) is 13.6 Å². The lowest BCUT2D eigenvalue weighted by Gasteiger charge is -2.38. The molecule has 5 heterocycles. The smallest absolute Gasteiger partial charge is 0.260 e. The predicted octanol–water partition coefficient (Wildman–Crippen LogP) is 4.76. The van der Waals surface area contributed by atoms with Crippen molar-refractivity contribution in [3.8, 4) is 10.6 Å². The van der Waals surface area contributed by atoms with Gasteiger partial charge in [-0.3, -0.25) is 14.4 Å². The molecule has 0 saturated heterocycles. The van der Waals surface area contributed by atoms with Crippen LogP contribution in [0.25, 0.3) is 21.6 Å². The number of aryl methyl sites for hydroxylation is 3. The average molecular weight is 457 g/mol. The summed E-state index contributed by atoms with van der Waals surface area (Å²) in [7, 11) is 1.80. The van der Waals surface area contributed by atoms with Gasteiger partial charge in [-0.2, -0.15) is 10.2 Å². The van der Waals surface area contributed by atoms with Gasteiger partial charge in [0.05, 0.1) is 32.9 Å². The SMILES string of the molecule is Cc1cc2n(n1)[C@@H](C(F)F)C[C@@H](C)N2C(=O)c1cc(-c2cccs2)nc2c1c(C)nn2C. The average Bonchev–Trinajstić information content (AvgIpc) is 3.46. The summed E-state index contributed by atoms with van der Waals surface area (Å²) in [6.07, 6.45) is -2.44. The third-order valence-electron chi connectivity index (χ3n) is 5.90. The van der Waals surface area contributed by atoms with Gasteiger partial charge in [-0.1, -0.05) is 6.07 Å². The molecule has 4 aromatic rings. The fraction of sp³-hybridized carbons (Fsp3) is 0.364. The number of fused-ring (bicyclic) bond motifs is 2. The van der Waals surface area contributed by atoms with Gasteiger partial charge in [0.15, 0.2) is 5.65 Å². The first-order chi connectivity index (χ1) is 15.3. The van der Waals surface area contributed by atoms with Gasteiger partial charge >= 0.3 is 0 Å². The van der Waals surface area contributed by atoms with E-state index in [1.54, 1.807) is 42.6 Å². The van der Waals surface area contributed by atoms with Gasteiger partial charge < -0.3 is 0 Å². The Hall–Kier alpha value is -3.14. The molecule has 2 atom stereocenters. The summed E-state index contributed by atoms with van der Waals surface area (Å²) in [6.45, 7) is 5.38. The number of alkyl halides is 2. The maximum absolute atomic E-state index is 14.0. The largest absolute Gasteiger partial charge is 0.290 e. The van der Waals surface area contributed by atoms with Crippen LogP contribution in [0.15, 0.2) is 29.6 Å². The highest BCUT2D eigenvalue weighted by atomic mass is 32.1. The molecule has 0 bridgehead atoms. The topological polar surface area (TPSA) is 68.8 Å². The van der Waals surface area contributed by atoms with E-state index in [1.165, 1.54) is 16.0 Å². The molecule has 5 rings (SSSR count). The number of hydrogen-bond donors (Lipinski definition) is 0. The number of aromatic nitrogens is 5. The third kappa shape index (κ3) is 3.12. The molecule has 0 N–H and O–H groups in total. The minimum absolute atomic E-state index is 0.121. The molecule has 32 heavy (non-hydrogen) atoms. The van der Waals surface area contributed by atoms with Crippen LogP contribution in [-0.2, 0) is 7.05 Å². The van der Waals surface area contributed by atoms with Gasteiger partial charge in [-0.05, 0) is 44.7 Å². The van der Waals surface area contributed by atoms with Crippen LogP contribution < -0.4 is 4.90 Å². The van der Waals surface area contributed by atoms with Crippen LogP contribution in [0.5, 0.6) is 0 Å². The van der Waals surface area contributed by atoms with E-state index in [0.29, 0.717) is 39.5 Å². The summed E-state index contributed by atoms with van der Waals surface area (Å²) in [5.41, 5.74) is 3.03. The molecule has 4 aromatic heterocycles. The number of pyridine rings is 1. The van der Waals surface area contributed by atoms with Crippen molar-refractivity contribution in [1.29, 1.82) is 0 Å². The molecular weight excluding hydrogens is 434 g/mol. The van der Waals surface area contributed by atoms with Crippen molar-refractivity contribution in [2.24, 2.45) is 7.05 Å². The lowest BCUT2D eigenvalue weighted by Crippen LogP contribution is -2.46. The van der Waals surface area contributed by atoms with Gasteiger partial charge in [0.1, 0.15) is 11.9 Å². The van der Waals surface area contributed by atoms with Crippen molar-refractivity contribution in [1.82, 2.24) is 24.5 Å². The first-order valence-corrected chi connectivity index (χ1v) is 11.2. The zero-order valence-corrected chi connectivity index (χ0v) is 18.9. The molecule has 0 saturated carbocycles. The van der Waals surface area contributed by atoms with Crippen molar-refractivity contribution in [3.05, 3.63) is 46.6 Å². The van der Waals surface area contributed by atoms with E-state index in [2.05, 4.69) is 10.2 Å². The van der Waals surface area contributed by atoms with Gasteiger partial charge in [-0.25, -0.2) is 18.4 Å². The van der Waals surface area contributed by atoms with Crippen molar-refractivity contribution in [2.75, 3.05) is 4.90 Å². The third-order valence-corrected chi connectivity index (χ3v) is 6.80. The molecule has 1 aliphatic rings. The fourth-order valence-corrected chi connectivity index (χ4v) is 5.20. The summed E-state index contributed by atoms with van der Waals surface area (Å²) in [6, 6.07) is 5.88. The molecule has 0 spiro atoms. The molecule has 0 aliphatic carbocycles. The predicted molar refractivity (Wildman–Crippen MR) is 119 cm³/mol. The van der Waals surface area contributed by atoms with E-state index >= 15 is 0 Å². The first kappa shape index (κ1) is 20.7. The van der Waals surface area contributed by atoms with Gasteiger partial charge in [0.25, 0.3) is 12.3 Å². The number of carbonyl (C=O) groups is 1. The maximum Gasteiger partial charge on any atom is 0.260 e. The number of hydrogen-bond acceptors (Lipinski definition) is 5. The quantitative estimate of drug-likeness (QED) is 0.446. The molecular formula is C22H22F2N6OS. The maximum atomic E-state index is 14.0. The number of carbonyl (C=O) groups excluding carboxylic acids is 1. The second-order valence-electron chi connectivity index (χ2n) is 8.19. The van der Waals surface area contributed by atoms with Crippen LogP contribution in [0.4, 0.5) is 14.6 Å². The number of halogens is 2. The first-order valence-electron chi connectivity index (χ1n) is 10.3. The zero-order valence-electron chi connectivity index (χ0n) is 18.1. The summed E-state index contributed by atoms with van der Waals surface area (Å²) in [4.78, 5) is 21.3. The zero-order chi connectivity index (χ0) is 22.7. The molecule has 0 aromatic carbocycles. The number of thiophene rings is 1. The van der Waals surface area contributed by atoms with Crippen LogP contribution in [0, 0.1) is 13.8 Å². The Labute approximate surface area is 187 Å². The highest BCUT2D eigenvalue weighted by molar-refractivity contribution is 7.13. The van der Waals surface area contributed by atoms with Crippen LogP contribution in [0.2, 0.25) is 0 Å². The van der Waals surface area contributed by atoms with Crippen LogP contribution in [-0.4, -0.2) is 42.9 Å². The van der Waals surface area contributed by atoms with Gasteiger partial charge in [0, 0.05) is 19.2 Å². The Morgan fingerprint density at radius 3 is 2.72 bits per heavy atom. The molecule has 1 amide bonds. The Balaban J connectivity index is 1.70. The van der Waals surface area contributed by atoms with Gasteiger partial charge in [-0.15, -0.1) is 11.3 Å². The Morgan fingerprint density at radius 1 is 1.25 bits per heavy atom. The summed E-state index contributed by atoms with van der Waals surface area (Å²) >= 11 is 1.53. The molecule has 0 unspecified atom stereocenters. The number of anilines is 1. The molecule has 7 nitrogen and oxygen atoms in total. The van der Waals surface area contributed by atoms with Crippen molar-refractivity contribution in [3.63, 3.8) is 0 Å². The highest BCUT2D eigenvalue weighted by Gasteiger charge is 2.40. The number of amides is 1. The van der Waals surface area contributed by atoms with Crippen LogP contribution in [0.1, 0.15) is 41.1 Å². The highest BCUT2D eigenvalue weighted by Crippen LogP contribution is 2.38. The van der Waals surface area contributed by atoms with Crippen molar-refractivity contribution in [2.45, 2.75) is 45.7 Å². The molecule has 0 radical (unpaired) electrons. The minimum atomic E-state index is -2.56. The fourth-order valence-electron chi connectivity index (χ4n) is 4.52. The molecule has 166 valence electrons. The molecule has 0 fully saturated rings. The van der Waals surface area contributed by atoms with Crippen LogP contribution in [0.3, 0.4) is 0 Å². The number of rotatable bonds is 3. The van der Waals surface area contributed by atoms with Crippen LogP contribution >= 0.6 is 11.3 Å². The standard InChI is InChI=1S/C22H22F2N6OS/c1-11-8-18-29(12(2)9-16(20(23)24)30(18)26-11)22(31)14-10-15(17-6-5-7-32-17)25-21-19(14)13(3)27-28(21)4/h5-8,10,12,16,20H,9H2,1-4H3/t12-,16-/m1/s1. The Bertz CT molecular complexity index is 1330.